The molecule has 0 saturated heterocycles. The van der Waals surface area contributed by atoms with Gasteiger partial charge in [0.15, 0.2) is 0 Å². The Bertz CT molecular complexity index is 488. The molecule has 1 aliphatic rings. The molecular weight excluding hydrogens is 298 g/mol. The van der Waals surface area contributed by atoms with Crippen molar-refractivity contribution in [3.8, 4) is 5.75 Å². The third-order valence-corrected chi connectivity index (χ3v) is 5.02. The van der Waals surface area contributed by atoms with Gasteiger partial charge in [0, 0.05) is 6.54 Å². The fraction of sp³-hybridized carbons (Fsp3) is 0.619. The van der Waals surface area contributed by atoms with E-state index in [2.05, 4.69) is 18.0 Å². The van der Waals surface area contributed by atoms with Crippen molar-refractivity contribution < 1.29 is 9.84 Å². The molecule has 2 rings (SSSR count). The van der Waals surface area contributed by atoms with Crippen LogP contribution < -0.4 is 10.1 Å². The lowest BCUT2D eigenvalue weighted by Crippen LogP contribution is -2.32. The monoisotopic (exact) mass is 331 g/mol. The lowest BCUT2D eigenvalue weighted by atomic mass is 9.98. The zero-order chi connectivity index (χ0) is 17.2. The zero-order valence-corrected chi connectivity index (χ0v) is 15.0. The van der Waals surface area contributed by atoms with Gasteiger partial charge in [-0.15, -0.1) is 6.58 Å². The first-order chi connectivity index (χ1) is 11.7. The van der Waals surface area contributed by atoms with Crippen molar-refractivity contribution in [2.75, 3.05) is 19.7 Å². The van der Waals surface area contributed by atoms with Gasteiger partial charge < -0.3 is 15.2 Å². The minimum absolute atomic E-state index is 0.337. The Kier molecular flexibility index (Phi) is 8.34. The van der Waals surface area contributed by atoms with E-state index in [4.69, 9.17) is 4.74 Å². The molecule has 1 fully saturated rings. The zero-order valence-electron chi connectivity index (χ0n) is 15.0. The van der Waals surface area contributed by atoms with Crippen LogP contribution in [-0.2, 0) is 0 Å². The molecule has 3 heteroatoms. The number of allylic oxidation sites excluding steroid dienone is 1. The molecule has 0 spiro atoms. The van der Waals surface area contributed by atoms with Crippen LogP contribution in [-0.4, -0.2) is 30.9 Å². The van der Waals surface area contributed by atoms with Gasteiger partial charge in [-0.2, -0.15) is 0 Å². The van der Waals surface area contributed by atoms with Gasteiger partial charge in [0.2, 0.25) is 0 Å². The van der Waals surface area contributed by atoms with Crippen LogP contribution in [0.5, 0.6) is 5.75 Å². The highest BCUT2D eigenvalue weighted by molar-refractivity contribution is 5.31. The number of aliphatic hydroxyl groups excluding tert-OH is 1. The molecule has 1 aromatic carbocycles. The summed E-state index contributed by atoms with van der Waals surface area (Å²) >= 11 is 0. The number of ether oxygens (including phenoxy) is 1. The van der Waals surface area contributed by atoms with Gasteiger partial charge in [-0.25, -0.2) is 0 Å². The second-order valence-electron chi connectivity index (χ2n) is 7.15. The van der Waals surface area contributed by atoms with Crippen molar-refractivity contribution in [1.29, 1.82) is 0 Å². The number of benzene rings is 1. The average molecular weight is 332 g/mol. The Labute approximate surface area is 147 Å². The van der Waals surface area contributed by atoms with Gasteiger partial charge in [-0.3, -0.25) is 0 Å². The van der Waals surface area contributed by atoms with E-state index in [1.807, 2.05) is 31.2 Å². The molecular formula is C21H33NO2. The molecule has 0 aromatic heterocycles. The highest BCUT2D eigenvalue weighted by Crippen LogP contribution is 2.35. The molecule has 1 aliphatic carbocycles. The second kappa shape index (κ2) is 10.5. The van der Waals surface area contributed by atoms with E-state index in [0.717, 1.165) is 29.7 Å². The lowest BCUT2D eigenvalue weighted by molar-refractivity contribution is 0.106. The summed E-state index contributed by atoms with van der Waals surface area (Å²) in [5.74, 6) is 2.62. The van der Waals surface area contributed by atoms with Gasteiger partial charge in [-0.05, 0) is 69.0 Å². The topological polar surface area (TPSA) is 41.5 Å². The predicted octanol–water partition coefficient (Wildman–Crippen LogP) is 4.10. The van der Waals surface area contributed by atoms with Gasteiger partial charge in [-0.1, -0.05) is 30.7 Å². The highest BCUT2D eigenvalue weighted by Gasteiger charge is 2.22. The third kappa shape index (κ3) is 6.66. The third-order valence-electron chi connectivity index (χ3n) is 5.02. The maximum absolute atomic E-state index is 10.0. The summed E-state index contributed by atoms with van der Waals surface area (Å²) in [4.78, 5) is 0. The molecule has 1 saturated carbocycles. The first-order valence-electron chi connectivity index (χ1n) is 9.37. The smallest absolute Gasteiger partial charge is 0.122 e. The number of nitrogens with one attached hydrogen (secondary N) is 1. The fourth-order valence-electron chi connectivity index (χ4n) is 3.64. The maximum Gasteiger partial charge on any atom is 0.122 e. The van der Waals surface area contributed by atoms with E-state index in [9.17, 15) is 5.11 Å². The van der Waals surface area contributed by atoms with E-state index in [1.54, 1.807) is 0 Å². The van der Waals surface area contributed by atoms with Crippen molar-refractivity contribution >= 4 is 0 Å². The molecule has 0 heterocycles. The van der Waals surface area contributed by atoms with Crippen molar-refractivity contribution in [3.63, 3.8) is 0 Å². The quantitative estimate of drug-likeness (QED) is 0.474. The Hall–Kier alpha value is -1.32. The fourth-order valence-corrected chi connectivity index (χ4v) is 3.64. The van der Waals surface area contributed by atoms with E-state index >= 15 is 0 Å². The van der Waals surface area contributed by atoms with Crippen LogP contribution >= 0.6 is 0 Å². The minimum atomic E-state index is -0.465. The van der Waals surface area contributed by atoms with Gasteiger partial charge in [0.1, 0.15) is 18.5 Å². The van der Waals surface area contributed by atoms with Crippen molar-refractivity contribution in [1.82, 2.24) is 5.32 Å². The van der Waals surface area contributed by atoms with Crippen LogP contribution in [0.2, 0.25) is 0 Å². The summed E-state index contributed by atoms with van der Waals surface area (Å²) < 4.78 is 5.67. The van der Waals surface area contributed by atoms with E-state index in [-0.39, 0.29) is 0 Å². The van der Waals surface area contributed by atoms with E-state index in [1.165, 1.54) is 38.5 Å². The SMILES string of the molecule is C=CCC1CCC(CCCNCC(O)COc2ccccc2C)C1. The number of aliphatic hydroxyl groups is 1. The summed E-state index contributed by atoms with van der Waals surface area (Å²) in [5.41, 5.74) is 1.10. The molecule has 0 bridgehead atoms. The van der Waals surface area contributed by atoms with Gasteiger partial charge in [0.25, 0.3) is 0 Å². The summed E-state index contributed by atoms with van der Waals surface area (Å²) in [6, 6.07) is 7.90. The average Bonchev–Trinajstić information content (AvgIpc) is 3.02. The molecule has 3 atom stereocenters. The second-order valence-corrected chi connectivity index (χ2v) is 7.15. The van der Waals surface area contributed by atoms with Gasteiger partial charge >= 0.3 is 0 Å². The Balaban J connectivity index is 1.50. The van der Waals surface area contributed by atoms with E-state index < -0.39 is 6.10 Å². The molecule has 2 N–H and O–H groups in total. The first kappa shape index (κ1) is 19.0. The summed E-state index contributed by atoms with van der Waals surface area (Å²) in [6.07, 6.45) is 9.40. The molecule has 3 nitrogen and oxygen atoms in total. The number of hydrogen-bond acceptors (Lipinski definition) is 3. The summed E-state index contributed by atoms with van der Waals surface area (Å²) in [5, 5.41) is 13.4. The Morgan fingerprint density at radius 1 is 1.33 bits per heavy atom. The van der Waals surface area contributed by atoms with Crippen LogP contribution in [0.15, 0.2) is 36.9 Å². The van der Waals surface area contributed by atoms with Crippen molar-refractivity contribution in [3.05, 3.63) is 42.5 Å². The Morgan fingerprint density at radius 3 is 2.92 bits per heavy atom. The van der Waals surface area contributed by atoms with Crippen LogP contribution in [0.4, 0.5) is 0 Å². The van der Waals surface area contributed by atoms with Crippen molar-refractivity contribution in [2.45, 2.75) is 51.6 Å². The number of hydrogen-bond donors (Lipinski definition) is 2. The Morgan fingerprint density at radius 2 is 2.12 bits per heavy atom. The van der Waals surface area contributed by atoms with Crippen molar-refractivity contribution in [2.24, 2.45) is 11.8 Å². The summed E-state index contributed by atoms with van der Waals surface area (Å²) in [6.45, 7) is 7.77. The molecule has 24 heavy (non-hydrogen) atoms. The van der Waals surface area contributed by atoms with Crippen LogP contribution in [0.25, 0.3) is 0 Å². The standard InChI is InChI=1S/C21H33NO2/c1-3-7-18-11-12-19(14-18)9-6-13-22-15-20(23)16-24-21-10-5-4-8-17(21)2/h3-5,8,10,18-20,22-23H,1,6-7,9,11-16H2,2H3. The molecule has 0 radical (unpaired) electrons. The highest BCUT2D eigenvalue weighted by atomic mass is 16.5. The normalized spacial score (nSPS) is 21.6. The molecule has 1 aromatic rings. The van der Waals surface area contributed by atoms with Crippen LogP contribution in [0.3, 0.4) is 0 Å². The maximum atomic E-state index is 10.0. The largest absolute Gasteiger partial charge is 0.491 e. The molecule has 0 amide bonds. The van der Waals surface area contributed by atoms with Crippen LogP contribution in [0, 0.1) is 18.8 Å². The number of rotatable bonds is 11. The predicted molar refractivity (Wildman–Crippen MR) is 100 cm³/mol. The van der Waals surface area contributed by atoms with Gasteiger partial charge in [0.05, 0.1) is 0 Å². The number of para-hydroxylation sites is 1. The minimum Gasteiger partial charge on any atom is -0.491 e. The first-order valence-corrected chi connectivity index (χ1v) is 9.37. The number of aryl methyl sites for hydroxylation is 1. The molecule has 134 valence electrons. The molecule has 3 unspecified atom stereocenters. The molecule has 0 aliphatic heterocycles. The van der Waals surface area contributed by atoms with Crippen LogP contribution in [0.1, 0.15) is 44.1 Å². The van der Waals surface area contributed by atoms with E-state index in [0.29, 0.717) is 13.2 Å². The summed E-state index contributed by atoms with van der Waals surface area (Å²) in [7, 11) is 0. The lowest BCUT2D eigenvalue weighted by Gasteiger charge is -2.15.